The van der Waals surface area contributed by atoms with Gasteiger partial charge in [-0.3, -0.25) is 14.5 Å². The number of phenols is 1. The number of aromatic hydroxyl groups is 1. The van der Waals surface area contributed by atoms with Gasteiger partial charge in [0, 0.05) is 6.54 Å². The van der Waals surface area contributed by atoms with Crippen molar-refractivity contribution in [3.63, 3.8) is 0 Å². The Labute approximate surface area is 185 Å². The SMILES string of the molecule is CC(C(=O)NCCc1ccc(O)cc1)N1C(=O)C(=CC=Cc2ccccc2)SC1=S. The van der Waals surface area contributed by atoms with E-state index in [0.29, 0.717) is 22.2 Å². The predicted molar refractivity (Wildman–Crippen MR) is 125 cm³/mol. The zero-order chi connectivity index (χ0) is 21.5. The molecule has 2 amide bonds. The van der Waals surface area contributed by atoms with Crippen LogP contribution in [0.5, 0.6) is 5.75 Å². The Hall–Kier alpha value is -2.90. The quantitative estimate of drug-likeness (QED) is 0.507. The molecule has 154 valence electrons. The van der Waals surface area contributed by atoms with Crippen molar-refractivity contribution in [3.8, 4) is 5.75 Å². The van der Waals surface area contributed by atoms with Crippen LogP contribution in [0.15, 0.2) is 71.7 Å². The summed E-state index contributed by atoms with van der Waals surface area (Å²) in [5, 5.41) is 12.2. The zero-order valence-electron chi connectivity index (χ0n) is 16.4. The molecule has 0 aromatic heterocycles. The fourth-order valence-electron chi connectivity index (χ4n) is 2.90. The number of nitrogens with zero attached hydrogens (tertiary/aromatic N) is 1. The average molecular weight is 439 g/mol. The van der Waals surface area contributed by atoms with Gasteiger partial charge in [0.15, 0.2) is 0 Å². The summed E-state index contributed by atoms with van der Waals surface area (Å²) in [6.45, 7) is 2.10. The highest BCUT2D eigenvalue weighted by atomic mass is 32.2. The molecule has 5 nitrogen and oxygen atoms in total. The third-order valence-corrected chi connectivity index (χ3v) is 5.92. The van der Waals surface area contributed by atoms with Crippen LogP contribution >= 0.6 is 24.0 Å². The molecule has 1 atom stereocenters. The lowest BCUT2D eigenvalue weighted by molar-refractivity contribution is -0.132. The lowest BCUT2D eigenvalue weighted by Crippen LogP contribution is -2.47. The number of carbonyl (C=O) groups excluding carboxylic acids is 2. The van der Waals surface area contributed by atoms with E-state index in [4.69, 9.17) is 12.2 Å². The number of hydrogen-bond donors (Lipinski definition) is 2. The highest BCUT2D eigenvalue weighted by Gasteiger charge is 2.37. The minimum atomic E-state index is -0.693. The number of nitrogens with one attached hydrogen (secondary N) is 1. The Bertz CT molecular complexity index is 985. The molecule has 0 bridgehead atoms. The summed E-state index contributed by atoms with van der Waals surface area (Å²) >= 11 is 6.53. The summed E-state index contributed by atoms with van der Waals surface area (Å²) in [5.74, 6) is -0.313. The number of amides is 2. The smallest absolute Gasteiger partial charge is 0.266 e. The molecule has 3 rings (SSSR count). The first-order valence-electron chi connectivity index (χ1n) is 9.50. The largest absolute Gasteiger partial charge is 0.508 e. The molecule has 0 spiro atoms. The molecule has 1 fully saturated rings. The van der Waals surface area contributed by atoms with Gasteiger partial charge in [0.25, 0.3) is 5.91 Å². The summed E-state index contributed by atoms with van der Waals surface area (Å²) in [4.78, 5) is 27.1. The second-order valence-corrected chi connectivity index (χ2v) is 8.40. The van der Waals surface area contributed by atoms with Crippen LogP contribution in [0, 0.1) is 0 Å². The molecule has 1 saturated heterocycles. The molecule has 7 heteroatoms. The van der Waals surface area contributed by atoms with Gasteiger partial charge in [0.05, 0.1) is 4.91 Å². The number of carbonyl (C=O) groups is 2. The number of thioether (sulfide) groups is 1. The fourth-order valence-corrected chi connectivity index (χ4v) is 4.27. The van der Waals surface area contributed by atoms with E-state index in [1.165, 1.54) is 16.7 Å². The second-order valence-electron chi connectivity index (χ2n) is 6.73. The minimum Gasteiger partial charge on any atom is -0.508 e. The Morgan fingerprint density at radius 3 is 2.60 bits per heavy atom. The summed E-state index contributed by atoms with van der Waals surface area (Å²) in [7, 11) is 0. The van der Waals surface area contributed by atoms with E-state index in [1.807, 2.05) is 42.5 Å². The molecule has 2 N–H and O–H groups in total. The third-order valence-electron chi connectivity index (χ3n) is 4.58. The van der Waals surface area contributed by atoms with Crippen LogP contribution in [-0.4, -0.2) is 38.7 Å². The van der Waals surface area contributed by atoms with Crippen LogP contribution in [0.1, 0.15) is 18.1 Å². The van der Waals surface area contributed by atoms with E-state index < -0.39 is 6.04 Å². The van der Waals surface area contributed by atoms with Gasteiger partial charge in [-0.05, 0) is 42.7 Å². The van der Waals surface area contributed by atoms with Gasteiger partial charge in [-0.1, -0.05) is 78.6 Å². The Morgan fingerprint density at radius 1 is 1.20 bits per heavy atom. The van der Waals surface area contributed by atoms with Crippen molar-refractivity contribution in [1.29, 1.82) is 0 Å². The van der Waals surface area contributed by atoms with Crippen LogP contribution in [0.2, 0.25) is 0 Å². The highest BCUT2D eigenvalue weighted by Crippen LogP contribution is 2.32. The minimum absolute atomic E-state index is 0.206. The van der Waals surface area contributed by atoms with E-state index in [0.717, 1.165) is 11.1 Å². The van der Waals surface area contributed by atoms with E-state index in [1.54, 1.807) is 37.3 Å². The number of thiocarbonyl (C=S) groups is 1. The van der Waals surface area contributed by atoms with Gasteiger partial charge in [-0.15, -0.1) is 0 Å². The lowest BCUT2D eigenvalue weighted by atomic mass is 10.1. The summed E-state index contributed by atoms with van der Waals surface area (Å²) in [6, 6.07) is 15.9. The monoisotopic (exact) mass is 438 g/mol. The van der Waals surface area contributed by atoms with Gasteiger partial charge in [0.2, 0.25) is 5.91 Å². The number of hydrogen-bond acceptors (Lipinski definition) is 5. The summed E-state index contributed by atoms with van der Waals surface area (Å²) < 4.78 is 0.376. The average Bonchev–Trinajstić information content (AvgIpc) is 3.03. The van der Waals surface area contributed by atoms with Gasteiger partial charge in [-0.25, -0.2) is 0 Å². The van der Waals surface area contributed by atoms with Crippen molar-refractivity contribution >= 4 is 46.2 Å². The van der Waals surface area contributed by atoms with Gasteiger partial charge < -0.3 is 10.4 Å². The maximum atomic E-state index is 12.7. The normalized spacial score (nSPS) is 16.4. The van der Waals surface area contributed by atoms with Crippen LogP contribution in [0.3, 0.4) is 0 Å². The number of phenolic OH excluding ortho intramolecular Hbond substituents is 1. The predicted octanol–water partition coefficient (Wildman–Crippen LogP) is 3.90. The van der Waals surface area contributed by atoms with Crippen molar-refractivity contribution in [2.75, 3.05) is 6.54 Å². The van der Waals surface area contributed by atoms with Crippen LogP contribution in [0.4, 0.5) is 0 Å². The molecule has 1 aliphatic rings. The first kappa shape index (κ1) is 21.8. The molecule has 2 aromatic carbocycles. The van der Waals surface area contributed by atoms with E-state index >= 15 is 0 Å². The molecule has 1 unspecified atom stereocenters. The first-order chi connectivity index (χ1) is 14.5. The maximum Gasteiger partial charge on any atom is 0.266 e. The van der Waals surface area contributed by atoms with E-state index in [2.05, 4.69) is 5.32 Å². The van der Waals surface area contributed by atoms with Crippen LogP contribution in [0.25, 0.3) is 6.08 Å². The van der Waals surface area contributed by atoms with Crippen LogP contribution < -0.4 is 5.32 Å². The lowest BCUT2D eigenvalue weighted by Gasteiger charge is -2.22. The number of rotatable bonds is 7. The molecule has 1 aliphatic heterocycles. The molecule has 0 saturated carbocycles. The van der Waals surface area contributed by atoms with Crippen molar-refractivity contribution in [2.24, 2.45) is 0 Å². The molecule has 0 radical (unpaired) electrons. The van der Waals surface area contributed by atoms with Crippen molar-refractivity contribution in [3.05, 3.63) is 82.8 Å². The van der Waals surface area contributed by atoms with Gasteiger partial charge in [0.1, 0.15) is 16.1 Å². The molecule has 2 aromatic rings. The molecular formula is C23H22N2O3S2. The Morgan fingerprint density at radius 2 is 1.90 bits per heavy atom. The topological polar surface area (TPSA) is 69.6 Å². The summed E-state index contributed by atoms with van der Waals surface area (Å²) in [6.07, 6.45) is 6.07. The fraction of sp³-hybridized carbons (Fsp3) is 0.174. The Kier molecular flexibility index (Phi) is 7.43. The summed E-state index contributed by atoms with van der Waals surface area (Å²) in [5.41, 5.74) is 2.03. The first-order valence-corrected chi connectivity index (χ1v) is 10.7. The van der Waals surface area contributed by atoms with Crippen molar-refractivity contribution in [1.82, 2.24) is 10.2 Å². The third kappa shape index (κ3) is 5.58. The van der Waals surface area contributed by atoms with Crippen molar-refractivity contribution in [2.45, 2.75) is 19.4 Å². The highest BCUT2D eigenvalue weighted by molar-refractivity contribution is 8.26. The molecule has 1 heterocycles. The second kappa shape index (κ2) is 10.2. The Balaban J connectivity index is 1.56. The van der Waals surface area contributed by atoms with Gasteiger partial charge in [-0.2, -0.15) is 0 Å². The number of benzene rings is 2. The zero-order valence-corrected chi connectivity index (χ0v) is 18.1. The molecule has 30 heavy (non-hydrogen) atoms. The van der Waals surface area contributed by atoms with E-state index in [9.17, 15) is 14.7 Å². The number of allylic oxidation sites excluding steroid dienone is 2. The standard InChI is InChI=1S/C23H22N2O3S2/c1-16(21(27)24-15-14-18-10-12-19(26)13-11-18)25-22(28)20(30-23(25)29)9-5-8-17-6-3-2-4-7-17/h2-13,16,26H,14-15H2,1H3,(H,24,27). The van der Waals surface area contributed by atoms with E-state index in [-0.39, 0.29) is 17.6 Å². The van der Waals surface area contributed by atoms with Crippen molar-refractivity contribution < 1.29 is 14.7 Å². The molecular weight excluding hydrogens is 416 g/mol. The van der Waals surface area contributed by atoms with Crippen LogP contribution in [-0.2, 0) is 16.0 Å². The van der Waals surface area contributed by atoms with Gasteiger partial charge >= 0.3 is 0 Å². The molecule has 0 aliphatic carbocycles. The maximum absolute atomic E-state index is 12.7.